The van der Waals surface area contributed by atoms with Crippen molar-refractivity contribution in [2.75, 3.05) is 91.8 Å². The van der Waals surface area contributed by atoms with E-state index in [1.807, 2.05) is 22.6 Å². The van der Waals surface area contributed by atoms with E-state index >= 15 is 0 Å². The van der Waals surface area contributed by atoms with Gasteiger partial charge in [0.2, 0.25) is 5.24 Å². The highest BCUT2D eigenvalue weighted by Crippen LogP contribution is 2.28. The molecule has 0 aromatic carbocycles. The van der Waals surface area contributed by atoms with Gasteiger partial charge in [-0.3, -0.25) is 33.6 Å². The summed E-state index contributed by atoms with van der Waals surface area (Å²) in [7, 11) is 3.07. The summed E-state index contributed by atoms with van der Waals surface area (Å²) in [5.41, 5.74) is 0. The van der Waals surface area contributed by atoms with Crippen molar-refractivity contribution in [3.8, 4) is 0 Å². The van der Waals surface area contributed by atoms with Crippen LogP contribution in [0.5, 0.6) is 0 Å². The number of allylic oxidation sites excluding steroid dienone is 2. The number of cyclic esters (lactones) is 8. The van der Waals surface area contributed by atoms with E-state index in [1.54, 1.807) is 48.7 Å². The summed E-state index contributed by atoms with van der Waals surface area (Å²) in [6.07, 6.45) is -2.03. The zero-order valence-corrected chi connectivity index (χ0v) is 74.1. The minimum atomic E-state index is -0.914. The maximum atomic E-state index is 11.1. The van der Waals surface area contributed by atoms with Crippen molar-refractivity contribution in [1.29, 1.82) is 0 Å². The predicted molar refractivity (Wildman–Crippen MR) is 439 cm³/mol. The van der Waals surface area contributed by atoms with Gasteiger partial charge in [-0.15, -0.1) is 12.4 Å². The number of ether oxygens (including phenoxy) is 22. The largest absolute Gasteiger partial charge is 0.509 e. The van der Waals surface area contributed by atoms with Gasteiger partial charge in [0.15, 0.2) is 68.1 Å². The highest BCUT2D eigenvalue weighted by Gasteiger charge is 2.44. The molecule has 10 fully saturated rings. The smallest absolute Gasteiger partial charge is 0.466 e. The number of hydrogen-bond donors (Lipinski definition) is 9. The lowest BCUT2D eigenvalue weighted by Gasteiger charge is -2.29. The Morgan fingerprint density at radius 2 is 0.832 bits per heavy atom. The second kappa shape index (κ2) is 78.4. The number of carbonyl (C=O) groups is 14. The minimum absolute atomic E-state index is 0. The fraction of sp³-hybridized carbons (Fsp3) is 0.740. The van der Waals surface area contributed by atoms with Gasteiger partial charge >= 0.3 is 60.8 Å². The van der Waals surface area contributed by atoms with Crippen LogP contribution in [0, 0.1) is 0 Å². The summed E-state index contributed by atoms with van der Waals surface area (Å²) < 4.78 is 118. The van der Waals surface area contributed by atoms with E-state index in [9.17, 15) is 62.3 Å². The molecule has 10 saturated heterocycles. The van der Waals surface area contributed by atoms with Crippen LogP contribution < -0.4 is 0 Å². The van der Waals surface area contributed by atoms with Crippen LogP contribution in [0.15, 0.2) is 37.0 Å². The van der Waals surface area contributed by atoms with E-state index in [0.29, 0.717) is 128 Å². The lowest BCUT2D eigenvalue weighted by Crippen LogP contribution is -2.41. The zero-order chi connectivity index (χ0) is 95.2. The number of aldehydes is 3. The number of alkyl halides is 1. The Bertz CT molecular complexity index is 3080. The third kappa shape index (κ3) is 59.7. The first-order valence-electron chi connectivity index (χ1n) is 39.9. The molecule has 9 N–H and O–H groups in total. The number of methoxy groups -OCH3 is 2. The molecule has 0 aromatic rings. The normalized spacial score (nSPS) is 27.4. The van der Waals surface area contributed by atoms with Gasteiger partial charge in [0, 0.05) is 87.9 Å². The number of halogens is 3. The number of aliphatic hydroxyl groups is 9. The number of hydrogen-bond acceptors (Lipinski definition) is 45. The molecule has 0 bridgehead atoms. The Morgan fingerprint density at radius 3 is 1.24 bits per heavy atom. The Morgan fingerprint density at radius 1 is 0.496 bits per heavy atom. The lowest BCUT2D eigenvalue weighted by molar-refractivity contribution is -0.206. The molecule has 125 heavy (non-hydrogen) atoms. The molecule has 10 aliphatic rings. The fourth-order valence-electron chi connectivity index (χ4n) is 10.1. The van der Waals surface area contributed by atoms with E-state index in [2.05, 4.69) is 37.1 Å². The molecule has 0 amide bonds. The first kappa shape index (κ1) is 121. The Hall–Kier alpha value is -7.89. The summed E-state index contributed by atoms with van der Waals surface area (Å²) in [6, 6.07) is 0. The summed E-state index contributed by atoms with van der Waals surface area (Å²) in [4.78, 5) is 148. The molecule has 0 saturated carbocycles. The Kier molecular flexibility index (Phi) is 76.0. The van der Waals surface area contributed by atoms with Crippen molar-refractivity contribution in [3.63, 3.8) is 0 Å². The van der Waals surface area contributed by atoms with Crippen LogP contribution in [0.25, 0.3) is 0 Å². The van der Waals surface area contributed by atoms with Crippen LogP contribution >= 0.6 is 46.6 Å². The molecule has 45 nitrogen and oxygen atoms in total. The van der Waals surface area contributed by atoms with Crippen molar-refractivity contribution in [1.82, 2.24) is 0 Å². The molecule has 0 radical (unpaired) electrons. The quantitative estimate of drug-likeness (QED) is 0.00999. The Balaban J connectivity index is -0.000000436. The van der Waals surface area contributed by atoms with Crippen LogP contribution in [-0.4, -0.2) is 345 Å². The van der Waals surface area contributed by atoms with E-state index in [-0.39, 0.29) is 145 Å². The molecular weight excluding hydrogens is 1840 g/mol. The highest BCUT2D eigenvalue weighted by atomic mass is 127. The van der Waals surface area contributed by atoms with Crippen LogP contribution in [0.2, 0.25) is 0 Å². The standard InChI is InChI=1S/C12H16O6.C10H16O6.2C10H14O6.C7H10O5.C6H8O5.C6H12O4.C5H10O4.C3H4O.C2H3ClO.C2H6O.C2H6.CH3I.CH4.ClH/c1-2-16-11(14)7-3-5-9-10(6-4-8-13)18-12(15)17-9;3*1-2-14-9(12)5-3-4-7-8(6-11)16-10(13)15-7;1-9-6-2-4-5(3-10-6)12-7(8)11-4;7-5-1-3-4(2-9-5)11-6(8)10-3;1-9-6-2-4(7)5(8)3-10-6;6-3-1-5(8)9-2-4(3)7;1-2-3-4;1-2(3)4;1-2-3;2*1-2;;/h4,6,8-10H,2-3,5,7H2,1H3;7-8,11H,2-6H2,1H3;6-8H,2-5H2,1H3;3,5,7-8,11H,2,4,6H2,1H3;4-6H,2-3H2,1H3;3-5,7H,1-2H2;4-8H,2-3H2,1H3;3-8H,1-2H2;2-3H,1H2;1H3;3H,2H2,1H3;1-2H3;1H3;1H4;1H/b6-4+;;;5-3+;;;;;;;;;;;/t9-,10+;3*7-,8+;4-,5+,6?;3-,4+,5?;4-,5+,6?;3-,4+,5?;;;;;;;/m00001111......./s1/i;;;;;;;;;;;2*1D;;. The van der Waals surface area contributed by atoms with Gasteiger partial charge in [-0.2, -0.15) is 0 Å². The summed E-state index contributed by atoms with van der Waals surface area (Å²) in [5, 5.41) is 78.4. The van der Waals surface area contributed by atoms with Gasteiger partial charge < -0.3 is 150 Å². The number of carbonyl (C=O) groups excluding carboxylic acids is 14. The van der Waals surface area contributed by atoms with Crippen molar-refractivity contribution in [2.45, 2.75) is 276 Å². The van der Waals surface area contributed by atoms with Crippen molar-refractivity contribution in [3.05, 3.63) is 37.0 Å². The summed E-state index contributed by atoms with van der Waals surface area (Å²) >= 11 is 6.59. The van der Waals surface area contributed by atoms with Gasteiger partial charge in [0.25, 0.3) is 0 Å². The summed E-state index contributed by atoms with van der Waals surface area (Å²) in [5.74, 6) is -1.29. The molecule has 726 valence electrons. The number of rotatable bonds is 27. The van der Waals surface area contributed by atoms with Crippen LogP contribution in [0.4, 0.5) is 28.8 Å². The predicted octanol–water partition coefficient (Wildman–Crippen LogP) is 4.95. The second-order valence-corrected chi connectivity index (χ2v) is 25.2. The lowest BCUT2D eigenvalue weighted by atomic mass is 10.1. The van der Waals surface area contributed by atoms with Gasteiger partial charge in [-0.25, -0.2) is 33.6 Å². The van der Waals surface area contributed by atoms with Crippen LogP contribution in [-0.2, 0) is 143 Å². The molecule has 10 heterocycles. The van der Waals surface area contributed by atoms with Gasteiger partial charge in [0.1, 0.15) is 61.4 Å². The zero-order valence-electron chi connectivity index (χ0n) is 72.4. The van der Waals surface area contributed by atoms with E-state index < -0.39 is 129 Å². The first-order chi connectivity index (χ1) is 59.5. The molecule has 0 aromatic heterocycles. The third-order valence-corrected chi connectivity index (χ3v) is 15.7. The average molecular weight is 1970 g/mol. The number of aliphatic hydroxyl groups excluding tert-OH is 9. The topological polar surface area (TPSA) is 624 Å². The summed E-state index contributed by atoms with van der Waals surface area (Å²) in [6.45, 7) is 17.1. The molecule has 4 unspecified atom stereocenters. The van der Waals surface area contributed by atoms with Crippen LogP contribution in [0.1, 0.15) is 155 Å². The molecule has 10 rings (SSSR count). The van der Waals surface area contributed by atoms with E-state index in [0.717, 1.165) is 0 Å². The minimum Gasteiger partial charge on any atom is -0.466 e. The maximum absolute atomic E-state index is 11.1. The molecule has 48 heteroatoms. The SMILES string of the molecule is C.C=CC=O.CC(=O)Cl.CCO.CCOC(=O)/C=C/C[C@@H]1OC(=O)O[C@@H]1CO.CCOC(=O)CCC[C@@H]1OC(=O)O[C@@H]1/C=C/C=O.CCOC(=O)CCC[C@@H]1OC(=O)O[C@@H]1C=O.CCOC(=O)CCC[C@@H]1OC(=O)O[C@@H]1CO.COC1C[C@@H](O)[C@@H](O)CO1.COC1C[C@H]2OC(=O)O[C@H]2CO1.Cl.O=C1O[C@H]2COC(O)C[C@H]2O1.OC1C[C@@H](O)[C@@H](O)CO1.[2H]CC.[2H]CI. The van der Waals surface area contributed by atoms with Crippen molar-refractivity contribution in [2.24, 2.45) is 0 Å². The molecular formula is C77H127Cl2IO45. The van der Waals surface area contributed by atoms with Gasteiger partial charge in [-0.05, 0) is 108 Å². The van der Waals surface area contributed by atoms with Crippen molar-refractivity contribution < 1.29 is 220 Å². The number of fused-ring (bicyclic) bond motifs is 2. The fourth-order valence-corrected chi connectivity index (χ4v) is 10.1. The van der Waals surface area contributed by atoms with Crippen LogP contribution in [0.3, 0.4) is 0 Å². The van der Waals surface area contributed by atoms with Crippen molar-refractivity contribution >= 4 is 132 Å². The maximum Gasteiger partial charge on any atom is 0.509 e. The monoisotopic (exact) mass is 1970 g/mol. The average Bonchev–Trinajstić information content (AvgIpc) is 1.71. The number of esters is 4. The first-order valence-corrected chi connectivity index (χ1v) is 40.4. The molecule has 0 aliphatic carbocycles. The van der Waals surface area contributed by atoms with E-state index in [1.165, 1.54) is 44.4 Å². The second-order valence-electron chi connectivity index (χ2n) is 24.7. The third-order valence-electron chi connectivity index (χ3n) is 15.7. The molecule has 0 spiro atoms. The van der Waals surface area contributed by atoms with Gasteiger partial charge in [0.05, 0.1) is 78.3 Å². The molecule has 10 aliphatic heterocycles. The molecule has 20 atom stereocenters. The van der Waals surface area contributed by atoms with Gasteiger partial charge in [-0.1, -0.05) is 56.5 Å². The highest BCUT2D eigenvalue weighted by molar-refractivity contribution is 14.1. The van der Waals surface area contributed by atoms with E-state index in [4.69, 9.17) is 139 Å². The Labute approximate surface area is 752 Å².